The molecule has 0 aliphatic heterocycles. The first-order valence-corrected chi connectivity index (χ1v) is 5.80. The van der Waals surface area contributed by atoms with Crippen LogP contribution in [0.15, 0.2) is 41.0 Å². The van der Waals surface area contributed by atoms with Crippen LogP contribution in [0.2, 0.25) is 0 Å². The monoisotopic (exact) mass is 206 g/mol. The zero-order valence-corrected chi connectivity index (χ0v) is 10.3. The standard InChI is InChI=1S/C8H6O.C4H10.C2H6/c1-2-4-8-7(3-1)5-6-9-8;1-3-4-2;1-2/h1-6H;3-4H2,1-2H3;1-2H3. The summed E-state index contributed by atoms with van der Waals surface area (Å²) >= 11 is 0. The second-order valence-electron chi connectivity index (χ2n) is 2.96. The number of para-hydroxylation sites is 1. The molecule has 0 atom stereocenters. The van der Waals surface area contributed by atoms with Crippen LogP contribution in [0.5, 0.6) is 0 Å². The van der Waals surface area contributed by atoms with Gasteiger partial charge in [0.2, 0.25) is 0 Å². The van der Waals surface area contributed by atoms with Gasteiger partial charge >= 0.3 is 0 Å². The molecule has 0 fully saturated rings. The molecule has 1 aromatic carbocycles. The normalized spacial score (nSPS) is 8.53. The van der Waals surface area contributed by atoms with Gasteiger partial charge in [0.15, 0.2) is 0 Å². The lowest BCUT2D eigenvalue weighted by Crippen LogP contribution is -1.57. The lowest BCUT2D eigenvalue weighted by molar-refractivity contribution is 0.616. The Hall–Kier alpha value is -1.24. The van der Waals surface area contributed by atoms with Crippen LogP contribution in [0.25, 0.3) is 11.0 Å². The van der Waals surface area contributed by atoms with E-state index in [1.165, 1.54) is 12.8 Å². The quantitative estimate of drug-likeness (QED) is 0.620. The van der Waals surface area contributed by atoms with Gasteiger partial charge < -0.3 is 4.42 Å². The Morgan fingerprint density at radius 3 is 2.07 bits per heavy atom. The Morgan fingerprint density at radius 1 is 0.933 bits per heavy atom. The molecule has 15 heavy (non-hydrogen) atoms. The average molecular weight is 206 g/mol. The zero-order valence-electron chi connectivity index (χ0n) is 10.3. The molecule has 1 heteroatoms. The predicted molar refractivity (Wildman–Crippen MR) is 68.1 cm³/mol. The van der Waals surface area contributed by atoms with Crippen molar-refractivity contribution in [3.63, 3.8) is 0 Å². The van der Waals surface area contributed by atoms with Gasteiger partial charge in [0, 0.05) is 5.39 Å². The van der Waals surface area contributed by atoms with Crippen LogP contribution in [0.4, 0.5) is 0 Å². The molecule has 0 saturated heterocycles. The molecule has 0 N–H and O–H groups in total. The fourth-order valence-corrected chi connectivity index (χ4v) is 0.906. The van der Waals surface area contributed by atoms with Gasteiger partial charge in [-0.05, 0) is 12.1 Å². The van der Waals surface area contributed by atoms with E-state index in [9.17, 15) is 0 Å². The van der Waals surface area contributed by atoms with Crippen molar-refractivity contribution in [3.8, 4) is 0 Å². The first-order chi connectivity index (χ1) is 7.38. The van der Waals surface area contributed by atoms with Crippen LogP contribution in [0, 0.1) is 0 Å². The smallest absolute Gasteiger partial charge is 0.133 e. The van der Waals surface area contributed by atoms with E-state index >= 15 is 0 Å². The van der Waals surface area contributed by atoms with E-state index in [2.05, 4.69) is 13.8 Å². The number of fused-ring (bicyclic) bond motifs is 1. The summed E-state index contributed by atoms with van der Waals surface area (Å²) in [6.07, 6.45) is 4.34. The molecular formula is C14H22O. The van der Waals surface area contributed by atoms with Crippen LogP contribution in [0.1, 0.15) is 40.5 Å². The van der Waals surface area contributed by atoms with Crippen molar-refractivity contribution in [2.24, 2.45) is 0 Å². The number of furan rings is 1. The van der Waals surface area contributed by atoms with Crippen molar-refractivity contribution in [2.45, 2.75) is 40.5 Å². The molecule has 2 aromatic rings. The topological polar surface area (TPSA) is 13.1 Å². The van der Waals surface area contributed by atoms with Gasteiger partial charge in [0.05, 0.1) is 6.26 Å². The molecule has 1 nitrogen and oxygen atoms in total. The Labute approximate surface area is 93.1 Å². The predicted octanol–water partition coefficient (Wildman–Crippen LogP) is 5.27. The highest BCUT2D eigenvalue weighted by Gasteiger charge is 1.89. The van der Waals surface area contributed by atoms with E-state index in [1.54, 1.807) is 6.26 Å². The van der Waals surface area contributed by atoms with E-state index in [-0.39, 0.29) is 0 Å². The van der Waals surface area contributed by atoms with Gasteiger partial charge in [-0.1, -0.05) is 58.7 Å². The number of benzene rings is 1. The highest BCUT2D eigenvalue weighted by molar-refractivity contribution is 5.76. The van der Waals surface area contributed by atoms with E-state index in [1.807, 2.05) is 44.2 Å². The van der Waals surface area contributed by atoms with E-state index < -0.39 is 0 Å². The zero-order chi connectivity index (χ0) is 11.5. The number of hydrogen-bond acceptors (Lipinski definition) is 1. The van der Waals surface area contributed by atoms with Gasteiger partial charge in [-0.15, -0.1) is 0 Å². The summed E-state index contributed by atoms with van der Waals surface area (Å²) in [6, 6.07) is 9.90. The van der Waals surface area contributed by atoms with Crippen molar-refractivity contribution in [1.29, 1.82) is 0 Å². The lowest BCUT2D eigenvalue weighted by Gasteiger charge is -1.81. The maximum atomic E-state index is 5.12. The van der Waals surface area contributed by atoms with Crippen LogP contribution in [-0.2, 0) is 0 Å². The molecule has 0 spiro atoms. The molecule has 0 radical (unpaired) electrons. The number of rotatable bonds is 1. The third kappa shape index (κ3) is 5.26. The minimum atomic E-state index is 0.956. The highest BCUT2D eigenvalue weighted by atomic mass is 16.3. The van der Waals surface area contributed by atoms with Crippen LogP contribution < -0.4 is 0 Å². The van der Waals surface area contributed by atoms with Gasteiger partial charge in [-0.2, -0.15) is 0 Å². The Bertz CT molecular complexity index is 303. The van der Waals surface area contributed by atoms with Gasteiger partial charge in [-0.3, -0.25) is 0 Å². The largest absolute Gasteiger partial charge is 0.464 e. The minimum Gasteiger partial charge on any atom is -0.464 e. The SMILES string of the molecule is CC.CCCC.c1ccc2occc2c1. The maximum absolute atomic E-state index is 5.12. The van der Waals surface area contributed by atoms with E-state index in [0.717, 1.165) is 11.0 Å². The Kier molecular flexibility index (Phi) is 8.55. The second kappa shape index (κ2) is 9.32. The maximum Gasteiger partial charge on any atom is 0.133 e. The molecular weight excluding hydrogens is 184 g/mol. The molecule has 0 aliphatic carbocycles. The molecule has 0 aliphatic rings. The molecule has 1 heterocycles. The molecule has 0 unspecified atom stereocenters. The highest BCUT2D eigenvalue weighted by Crippen LogP contribution is 2.12. The van der Waals surface area contributed by atoms with Crippen molar-refractivity contribution in [3.05, 3.63) is 36.6 Å². The van der Waals surface area contributed by atoms with Crippen LogP contribution in [0.3, 0.4) is 0 Å². The van der Waals surface area contributed by atoms with E-state index in [4.69, 9.17) is 4.42 Å². The number of hydrogen-bond donors (Lipinski definition) is 0. The third-order valence-corrected chi connectivity index (χ3v) is 1.86. The number of unbranched alkanes of at least 4 members (excludes halogenated alkanes) is 1. The first-order valence-electron chi connectivity index (χ1n) is 5.80. The Balaban J connectivity index is 0.000000282. The molecule has 0 amide bonds. The fourth-order valence-electron chi connectivity index (χ4n) is 0.906. The minimum absolute atomic E-state index is 0.956. The van der Waals surface area contributed by atoms with Gasteiger partial charge in [0.25, 0.3) is 0 Å². The molecule has 0 saturated carbocycles. The first kappa shape index (κ1) is 13.8. The summed E-state index contributed by atoms with van der Waals surface area (Å²) in [5.41, 5.74) is 0.956. The van der Waals surface area contributed by atoms with Crippen molar-refractivity contribution in [2.75, 3.05) is 0 Å². The van der Waals surface area contributed by atoms with Crippen molar-refractivity contribution < 1.29 is 4.42 Å². The summed E-state index contributed by atoms with van der Waals surface area (Å²) in [6.45, 7) is 8.36. The average Bonchev–Trinajstić information content (AvgIpc) is 2.80. The van der Waals surface area contributed by atoms with Crippen LogP contribution >= 0.6 is 0 Å². The van der Waals surface area contributed by atoms with E-state index in [0.29, 0.717) is 0 Å². The summed E-state index contributed by atoms with van der Waals surface area (Å²) < 4.78 is 5.12. The second-order valence-corrected chi connectivity index (χ2v) is 2.96. The Morgan fingerprint density at radius 2 is 1.53 bits per heavy atom. The molecule has 1 aromatic heterocycles. The lowest BCUT2D eigenvalue weighted by atomic mass is 10.3. The molecule has 0 bridgehead atoms. The summed E-state index contributed by atoms with van der Waals surface area (Å²) in [4.78, 5) is 0. The van der Waals surface area contributed by atoms with Crippen molar-refractivity contribution in [1.82, 2.24) is 0 Å². The summed E-state index contributed by atoms with van der Waals surface area (Å²) in [7, 11) is 0. The molecule has 2 rings (SSSR count). The van der Waals surface area contributed by atoms with Crippen molar-refractivity contribution >= 4 is 11.0 Å². The summed E-state index contributed by atoms with van der Waals surface area (Å²) in [5.74, 6) is 0. The summed E-state index contributed by atoms with van der Waals surface area (Å²) in [5, 5.41) is 1.16. The fraction of sp³-hybridized carbons (Fsp3) is 0.429. The van der Waals surface area contributed by atoms with Gasteiger partial charge in [-0.25, -0.2) is 0 Å². The van der Waals surface area contributed by atoms with Gasteiger partial charge in [0.1, 0.15) is 5.58 Å². The van der Waals surface area contributed by atoms with Crippen LogP contribution in [-0.4, -0.2) is 0 Å². The molecule has 84 valence electrons. The third-order valence-electron chi connectivity index (χ3n) is 1.86.